The molecular formula is C12H18N2O3. The number of hydrogen-bond donors (Lipinski definition) is 0. The molecule has 0 aromatic heterocycles. The molecule has 2 aliphatic heterocycles. The molecule has 0 N–H and O–H groups in total. The summed E-state index contributed by atoms with van der Waals surface area (Å²) >= 11 is 0. The third kappa shape index (κ3) is 2.60. The third-order valence-electron chi connectivity index (χ3n) is 3.65. The van der Waals surface area contributed by atoms with Crippen LogP contribution in [-0.2, 0) is 14.3 Å². The summed E-state index contributed by atoms with van der Waals surface area (Å²) in [5.74, 6) is 0.664. The maximum atomic E-state index is 11.9. The van der Waals surface area contributed by atoms with Crippen molar-refractivity contribution in [1.82, 2.24) is 9.80 Å². The van der Waals surface area contributed by atoms with Crippen molar-refractivity contribution in [3.05, 3.63) is 0 Å². The molecule has 94 valence electrons. The second-order valence-corrected chi connectivity index (χ2v) is 5.14. The number of carbonyl (C=O) groups excluding carboxylic acids is 2. The van der Waals surface area contributed by atoms with Crippen LogP contribution in [0.5, 0.6) is 0 Å². The standard InChI is InChI=1S/C12H18N2O3/c15-11-3-4-13(12(16)9-1-2-9)5-6-14(11)7-10-8-17-10/h9-10H,1-8H2/t10-/m0/s1. The van der Waals surface area contributed by atoms with Crippen LogP contribution >= 0.6 is 0 Å². The van der Waals surface area contributed by atoms with Crippen molar-refractivity contribution >= 4 is 11.8 Å². The Morgan fingerprint density at radius 3 is 2.71 bits per heavy atom. The van der Waals surface area contributed by atoms with E-state index >= 15 is 0 Å². The van der Waals surface area contributed by atoms with Gasteiger partial charge in [-0.15, -0.1) is 0 Å². The van der Waals surface area contributed by atoms with Crippen molar-refractivity contribution in [3.63, 3.8) is 0 Å². The Hall–Kier alpha value is -1.10. The highest BCUT2D eigenvalue weighted by Gasteiger charge is 2.35. The lowest BCUT2D eigenvalue weighted by atomic mass is 10.3. The number of hydrogen-bond acceptors (Lipinski definition) is 3. The molecule has 0 aromatic carbocycles. The van der Waals surface area contributed by atoms with Crippen LogP contribution < -0.4 is 0 Å². The highest BCUT2D eigenvalue weighted by atomic mass is 16.6. The van der Waals surface area contributed by atoms with E-state index in [2.05, 4.69) is 0 Å². The molecule has 17 heavy (non-hydrogen) atoms. The van der Waals surface area contributed by atoms with E-state index in [0.29, 0.717) is 32.6 Å². The summed E-state index contributed by atoms with van der Waals surface area (Å²) in [5, 5.41) is 0. The summed E-state index contributed by atoms with van der Waals surface area (Å²) in [4.78, 5) is 27.5. The minimum Gasteiger partial charge on any atom is -0.371 e. The van der Waals surface area contributed by atoms with E-state index in [1.165, 1.54) is 0 Å². The monoisotopic (exact) mass is 238 g/mol. The molecule has 2 saturated heterocycles. The predicted molar refractivity (Wildman–Crippen MR) is 60.2 cm³/mol. The first kappa shape index (κ1) is 11.0. The van der Waals surface area contributed by atoms with Gasteiger partial charge >= 0.3 is 0 Å². The molecule has 2 amide bonds. The number of rotatable bonds is 3. The van der Waals surface area contributed by atoms with Crippen LogP contribution in [0.4, 0.5) is 0 Å². The van der Waals surface area contributed by atoms with Crippen LogP contribution in [0.3, 0.4) is 0 Å². The van der Waals surface area contributed by atoms with Gasteiger partial charge in [-0.05, 0) is 12.8 Å². The van der Waals surface area contributed by atoms with Gasteiger partial charge in [-0.3, -0.25) is 9.59 Å². The Morgan fingerprint density at radius 1 is 1.29 bits per heavy atom. The molecule has 1 saturated carbocycles. The molecule has 0 radical (unpaired) electrons. The van der Waals surface area contributed by atoms with E-state index < -0.39 is 0 Å². The van der Waals surface area contributed by atoms with Crippen LogP contribution in [0.1, 0.15) is 19.3 Å². The molecule has 1 atom stereocenters. The summed E-state index contributed by atoms with van der Waals surface area (Å²) in [5.41, 5.74) is 0. The Kier molecular flexibility index (Phi) is 2.78. The van der Waals surface area contributed by atoms with Gasteiger partial charge in [-0.25, -0.2) is 0 Å². The molecule has 3 rings (SSSR count). The van der Waals surface area contributed by atoms with Crippen molar-refractivity contribution in [2.45, 2.75) is 25.4 Å². The van der Waals surface area contributed by atoms with Crippen LogP contribution in [-0.4, -0.2) is 60.5 Å². The highest BCUT2D eigenvalue weighted by molar-refractivity contribution is 5.83. The summed E-state index contributed by atoms with van der Waals surface area (Å²) in [6.07, 6.45) is 2.77. The molecule has 0 bridgehead atoms. The summed E-state index contributed by atoms with van der Waals surface area (Å²) in [6, 6.07) is 0. The molecule has 5 nitrogen and oxygen atoms in total. The van der Waals surface area contributed by atoms with E-state index in [-0.39, 0.29) is 23.8 Å². The van der Waals surface area contributed by atoms with Gasteiger partial charge in [0.05, 0.1) is 12.7 Å². The SMILES string of the molecule is O=C1CCN(C(=O)C2CC2)CCN1C[C@H]1CO1. The van der Waals surface area contributed by atoms with Crippen LogP contribution in [0.15, 0.2) is 0 Å². The molecule has 0 unspecified atom stereocenters. The van der Waals surface area contributed by atoms with Crippen molar-refractivity contribution in [3.8, 4) is 0 Å². The lowest BCUT2D eigenvalue weighted by Crippen LogP contribution is -2.38. The zero-order chi connectivity index (χ0) is 11.8. The van der Waals surface area contributed by atoms with Crippen molar-refractivity contribution in [2.75, 3.05) is 32.8 Å². The van der Waals surface area contributed by atoms with E-state index in [1.54, 1.807) is 0 Å². The van der Waals surface area contributed by atoms with Gasteiger partial charge in [0, 0.05) is 38.5 Å². The Balaban J connectivity index is 1.57. The van der Waals surface area contributed by atoms with Crippen molar-refractivity contribution in [1.29, 1.82) is 0 Å². The van der Waals surface area contributed by atoms with Gasteiger partial charge < -0.3 is 14.5 Å². The van der Waals surface area contributed by atoms with E-state index in [4.69, 9.17) is 4.74 Å². The topological polar surface area (TPSA) is 53.2 Å². The van der Waals surface area contributed by atoms with Gasteiger partial charge in [0.1, 0.15) is 0 Å². The predicted octanol–water partition coefficient (Wildman–Crippen LogP) is -0.144. The first-order valence-corrected chi connectivity index (χ1v) is 6.42. The fraction of sp³-hybridized carbons (Fsp3) is 0.833. The lowest BCUT2D eigenvalue weighted by molar-refractivity contribution is -0.132. The van der Waals surface area contributed by atoms with Crippen LogP contribution in [0.2, 0.25) is 0 Å². The minimum atomic E-state index is 0.159. The minimum absolute atomic E-state index is 0.159. The van der Waals surface area contributed by atoms with Crippen LogP contribution in [0, 0.1) is 5.92 Å². The first-order valence-electron chi connectivity index (χ1n) is 6.42. The fourth-order valence-electron chi connectivity index (χ4n) is 2.29. The van der Waals surface area contributed by atoms with Gasteiger partial charge in [-0.2, -0.15) is 0 Å². The number of epoxide rings is 1. The molecule has 5 heteroatoms. The van der Waals surface area contributed by atoms with Gasteiger partial charge in [-0.1, -0.05) is 0 Å². The van der Waals surface area contributed by atoms with Gasteiger partial charge in [0.2, 0.25) is 11.8 Å². The van der Waals surface area contributed by atoms with E-state index in [1.807, 2.05) is 9.80 Å². The molecule has 0 spiro atoms. The second-order valence-electron chi connectivity index (χ2n) is 5.14. The van der Waals surface area contributed by atoms with Gasteiger partial charge in [0.25, 0.3) is 0 Å². The van der Waals surface area contributed by atoms with E-state index in [0.717, 1.165) is 19.4 Å². The maximum Gasteiger partial charge on any atom is 0.225 e. The number of carbonyl (C=O) groups is 2. The second kappa shape index (κ2) is 4.29. The molecule has 0 aromatic rings. The summed E-state index contributed by atoms with van der Waals surface area (Å²) in [7, 11) is 0. The average Bonchev–Trinajstić information content (AvgIpc) is 3.18. The van der Waals surface area contributed by atoms with Crippen molar-refractivity contribution in [2.24, 2.45) is 5.92 Å². The smallest absolute Gasteiger partial charge is 0.225 e. The Morgan fingerprint density at radius 2 is 2.06 bits per heavy atom. The zero-order valence-electron chi connectivity index (χ0n) is 9.93. The Labute approximate surface area is 101 Å². The largest absolute Gasteiger partial charge is 0.371 e. The molecule has 3 aliphatic rings. The first-order chi connectivity index (χ1) is 8.24. The maximum absolute atomic E-state index is 11.9. The fourth-order valence-corrected chi connectivity index (χ4v) is 2.29. The number of amides is 2. The highest BCUT2D eigenvalue weighted by Crippen LogP contribution is 2.31. The lowest BCUT2D eigenvalue weighted by Gasteiger charge is -2.21. The number of ether oxygens (including phenoxy) is 1. The Bertz CT molecular complexity index is 337. The third-order valence-corrected chi connectivity index (χ3v) is 3.65. The molecule has 1 aliphatic carbocycles. The molecule has 3 fully saturated rings. The normalized spacial score (nSPS) is 29.2. The molecule has 2 heterocycles. The zero-order valence-corrected chi connectivity index (χ0v) is 9.93. The molecular weight excluding hydrogens is 220 g/mol. The summed E-state index contributed by atoms with van der Waals surface area (Å²) in [6.45, 7) is 3.42. The number of nitrogens with zero attached hydrogens (tertiary/aromatic N) is 2. The van der Waals surface area contributed by atoms with Crippen LogP contribution in [0.25, 0.3) is 0 Å². The quantitative estimate of drug-likeness (QED) is 0.643. The average molecular weight is 238 g/mol. The van der Waals surface area contributed by atoms with Crippen molar-refractivity contribution < 1.29 is 14.3 Å². The van der Waals surface area contributed by atoms with Gasteiger partial charge in [0.15, 0.2) is 0 Å². The van der Waals surface area contributed by atoms with E-state index in [9.17, 15) is 9.59 Å². The summed E-state index contributed by atoms with van der Waals surface area (Å²) < 4.78 is 5.15.